The molecule has 0 bridgehead atoms. The fraction of sp³-hybridized carbons (Fsp3) is 0. The maximum absolute atomic E-state index is 9.81. The SMILES string of the molecule is [Ca+2].[Cr].[F][Al]([F])[F].[H-].[H-].[H-].[Li+]. The molecule has 0 aromatic heterocycles. The van der Waals surface area contributed by atoms with E-state index in [9.17, 15) is 10.6 Å². The van der Waals surface area contributed by atoms with Gasteiger partial charge < -0.3 is 14.9 Å². The van der Waals surface area contributed by atoms with Gasteiger partial charge in [0.25, 0.3) is 0 Å². The van der Waals surface area contributed by atoms with Crippen molar-refractivity contribution in [2.45, 2.75) is 0 Å². The second kappa shape index (κ2) is 15.9. The minimum atomic E-state index is -4.64. The van der Waals surface area contributed by atoms with Crippen LogP contribution in [0.5, 0.6) is 0 Å². The van der Waals surface area contributed by atoms with Gasteiger partial charge in [-0.2, -0.15) is 0 Å². The molecule has 0 amide bonds. The van der Waals surface area contributed by atoms with Crippen molar-refractivity contribution in [3.05, 3.63) is 0 Å². The van der Waals surface area contributed by atoms with Crippen molar-refractivity contribution in [2.24, 2.45) is 0 Å². The van der Waals surface area contributed by atoms with Crippen molar-refractivity contribution in [1.82, 2.24) is 0 Å². The molecule has 0 saturated carbocycles. The molecule has 0 nitrogen and oxygen atoms in total. The Balaban J connectivity index is -0.00000000300. The van der Waals surface area contributed by atoms with E-state index in [1.165, 1.54) is 0 Å². The van der Waals surface area contributed by atoms with Gasteiger partial charge in [-0.1, -0.05) is 0 Å². The van der Waals surface area contributed by atoms with Crippen LogP contribution < -0.4 is 18.9 Å². The number of hydrogen-bond acceptors (Lipinski definition) is 0. The van der Waals surface area contributed by atoms with E-state index in [0.717, 1.165) is 0 Å². The Morgan fingerprint density at radius 1 is 1.14 bits per heavy atom. The fourth-order valence-electron chi connectivity index (χ4n) is 0. The summed E-state index contributed by atoms with van der Waals surface area (Å²) in [5.74, 6) is 0. The number of halogens is 3. The summed E-state index contributed by atoms with van der Waals surface area (Å²) in [5.41, 5.74) is 0. The van der Waals surface area contributed by atoms with Gasteiger partial charge in [-0.3, -0.25) is 0 Å². The van der Waals surface area contributed by atoms with Crippen molar-refractivity contribution < 1.29 is 51.1 Å². The summed E-state index contributed by atoms with van der Waals surface area (Å²) in [6.45, 7) is 0. The minimum Gasteiger partial charge on any atom is -1.00 e. The second-order valence-electron chi connectivity index (χ2n) is 0.247. The quantitative estimate of drug-likeness (QED) is 0.378. The van der Waals surface area contributed by atoms with Gasteiger partial charge >= 0.3 is 72.1 Å². The van der Waals surface area contributed by atoms with E-state index in [0.29, 0.717) is 0 Å². The zero-order valence-electron chi connectivity index (χ0n) is 6.83. The van der Waals surface area contributed by atoms with Gasteiger partial charge in [0.1, 0.15) is 0 Å². The molecule has 0 heterocycles. The molecule has 0 spiro atoms. The van der Waals surface area contributed by atoms with E-state index in [-0.39, 0.29) is 78.2 Å². The first-order valence-corrected chi connectivity index (χ1v) is 1.96. The molecule has 0 rings (SSSR count). The van der Waals surface area contributed by atoms with Crippen molar-refractivity contribution in [3.63, 3.8) is 0 Å². The number of hydrogen-bond donors (Lipinski definition) is 0. The van der Waals surface area contributed by atoms with Crippen molar-refractivity contribution in [2.75, 3.05) is 0 Å². The van der Waals surface area contributed by atoms with Crippen LogP contribution in [0.1, 0.15) is 4.28 Å². The largest absolute Gasteiger partial charge is 2.00 e. The van der Waals surface area contributed by atoms with Gasteiger partial charge in [0.2, 0.25) is 0 Å². The molecular formula is H3AlCaCrF3Li. The van der Waals surface area contributed by atoms with Crippen LogP contribution in [0, 0.1) is 0 Å². The van der Waals surface area contributed by atoms with Crippen molar-refractivity contribution in [1.29, 1.82) is 0 Å². The molecule has 0 fully saturated rings. The Hall–Kier alpha value is 2.71. The maximum Gasteiger partial charge on any atom is 2.00 e. The number of rotatable bonds is 0. The third-order valence-corrected chi connectivity index (χ3v) is 0. The molecule has 0 aromatic carbocycles. The van der Waals surface area contributed by atoms with E-state index >= 15 is 0 Å². The summed E-state index contributed by atoms with van der Waals surface area (Å²) in [5, 5.41) is 0. The van der Waals surface area contributed by atoms with Crippen LogP contribution in [0.4, 0.5) is 10.6 Å². The fourth-order valence-corrected chi connectivity index (χ4v) is 0. The zero-order chi connectivity index (χ0) is 3.58. The van der Waals surface area contributed by atoms with Crippen LogP contribution in [-0.2, 0) is 17.4 Å². The summed E-state index contributed by atoms with van der Waals surface area (Å²) < 4.78 is 29.4. The first-order chi connectivity index (χ1) is 1.73. The Labute approximate surface area is 103 Å². The predicted molar refractivity (Wildman–Crippen MR) is 18.2 cm³/mol. The average Bonchev–Trinajstić information content (AvgIpc) is 0.811. The van der Waals surface area contributed by atoms with Crippen LogP contribution in [-0.4, -0.2) is 53.3 Å². The van der Waals surface area contributed by atoms with Crippen LogP contribution >= 0.6 is 0 Å². The summed E-state index contributed by atoms with van der Waals surface area (Å²) in [4.78, 5) is 0. The Kier molecular flexibility index (Phi) is 51.3. The zero-order valence-corrected chi connectivity index (χ0v) is 8.46. The Morgan fingerprint density at radius 3 is 1.14 bits per heavy atom. The van der Waals surface area contributed by atoms with Gasteiger partial charge in [0.05, 0.1) is 0 Å². The smallest absolute Gasteiger partial charge is 1.00 e. The standard InChI is InChI=1S/Al.Ca.Cr.3FH.Li.3H/h;;;3*1H;;;;/q+3;+2;;;;;+1;3*-1/p-3. The monoisotopic (exact) mass is 186 g/mol. The van der Waals surface area contributed by atoms with E-state index in [1.807, 2.05) is 0 Å². The van der Waals surface area contributed by atoms with Gasteiger partial charge in [-0.05, 0) is 0 Å². The minimum absolute atomic E-state index is 0. The predicted octanol–water partition coefficient (Wildman–Crippen LogP) is -2.16. The summed E-state index contributed by atoms with van der Waals surface area (Å²) in [7, 11) is 0. The Bertz CT molecular complexity index is 28.5. The molecule has 0 N–H and O–H groups in total. The van der Waals surface area contributed by atoms with Crippen molar-refractivity contribution in [3.8, 4) is 0 Å². The molecule has 0 aliphatic heterocycles. The molecule has 0 saturated heterocycles. The molecule has 0 aliphatic carbocycles. The molecular weight excluding hydrogens is 183 g/mol. The van der Waals surface area contributed by atoms with Gasteiger partial charge in [0.15, 0.2) is 0 Å². The van der Waals surface area contributed by atoms with E-state index in [2.05, 4.69) is 0 Å². The second-order valence-corrected chi connectivity index (χ2v) is 0.742. The average molecular weight is 186 g/mol. The summed E-state index contributed by atoms with van der Waals surface area (Å²) in [6, 6.07) is 0. The van der Waals surface area contributed by atoms with Crippen molar-refractivity contribution >= 4 is 53.3 Å². The van der Waals surface area contributed by atoms with Crippen LogP contribution in [0.2, 0.25) is 0 Å². The van der Waals surface area contributed by atoms with E-state index in [4.69, 9.17) is 0 Å². The van der Waals surface area contributed by atoms with Gasteiger partial charge in [0, 0.05) is 17.4 Å². The maximum atomic E-state index is 9.81. The molecule has 7 heteroatoms. The molecule has 0 unspecified atom stereocenters. The van der Waals surface area contributed by atoms with Gasteiger partial charge in [-0.15, -0.1) is 0 Å². The Morgan fingerprint density at radius 2 is 1.14 bits per heavy atom. The summed E-state index contributed by atoms with van der Waals surface area (Å²) in [6.07, 6.45) is 0. The third-order valence-electron chi connectivity index (χ3n) is 0. The summed E-state index contributed by atoms with van der Waals surface area (Å²) >= 11 is -4.64. The van der Waals surface area contributed by atoms with Crippen LogP contribution in [0.25, 0.3) is 0 Å². The molecule has 0 atom stereocenters. The molecule has 0 aromatic rings. The van der Waals surface area contributed by atoms with E-state index in [1.54, 1.807) is 0 Å². The topological polar surface area (TPSA) is 0 Å². The first kappa shape index (κ1) is 22.6. The normalized spacial score (nSPS) is 3.86. The third kappa shape index (κ3) is 53.4. The molecule has 36 valence electrons. The van der Waals surface area contributed by atoms with Gasteiger partial charge in [-0.25, -0.2) is 0 Å². The van der Waals surface area contributed by atoms with Crippen LogP contribution in [0.3, 0.4) is 0 Å². The molecule has 7 heavy (non-hydrogen) atoms. The molecule has 0 aliphatic rings. The van der Waals surface area contributed by atoms with E-state index < -0.39 is 15.5 Å². The first-order valence-electron chi connectivity index (χ1n) is 0.655. The molecule has 0 radical (unpaired) electrons. The van der Waals surface area contributed by atoms with Crippen LogP contribution in [0.15, 0.2) is 0 Å².